The van der Waals surface area contributed by atoms with E-state index in [1.807, 2.05) is 44.9 Å². The van der Waals surface area contributed by atoms with Gasteiger partial charge < -0.3 is 15.7 Å². The highest BCUT2D eigenvalue weighted by Gasteiger charge is 2.23. The first-order valence-electron chi connectivity index (χ1n) is 5.44. The predicted molar refractivity (Wildman–Crippen MR) is 66.4 cm³/mol. The number of nitrogens with zero attached hydrogens (tertiary/aromatic N) is 2. The molecule has 0 amide bonds. The third-order valence-corrected chi connectivity index (χ3v) is 2.94. The third-order valence-electron chi connectivity index (χ3n) is 2.94. The number of aliphatic hydroxyl groups excluding tert-OH is 1. The Bertz CT molecular complexity index is 333. The molecular formula is C12H21N3O. The molecule has 0 aliphatic heterocycles. The number of aliphatic hydroxyl groups is 1. The minimum absolute atomic E-state index is 0.00212. The second-order valence-electron chi connectivity index (χ2n) is 4.77. The van der Waals surface area contributed by atoms with Gasteiger partial charge in [-0.05, 0) is 32.4 Å². The Kier molecular flexibility index (Phi) is 3.88. The topological polar surface area (TPSA) is 62.4 Å². The van der Waals surface area contributed by atoms with Crippen LogP contribution in [-0.4, -0.2) is 29.3 Å². The van der Waals surface area contributed by atoms with Crippen molar-refractivity contribution < 1.29 is 5.11 Å². The normalized spacial score (nSPS) is 13.6. The summed E-state index contributed by atoms with van der Waals surface area (Å²) in [5.41, 5.74) is 6.45. The molecule has 4 nitrogen and oxygen atoms in total. The molecule has 1 atom stereocenters. The average Bonchev–Trinajstić information content (AvgIpc) is 2.28. The average molecular weight is 223 g/mol. The van der Waals surface area contributed by atoms with Gasteiger partial charge in [-0.2, -0.15) is 0 Å². The molecule has 1 rings (SSSR count). The maximum atomic E-state index is 9.28. The summed E-state index contributed by atoms with van der Waals surface area (Å²) >= 11 is 0. The van der Waals surface area contributed by atoms with Crippen LogP contribution in [0.2, 0.25) is 0 Å². The maximum absolute atomic E-state index is 9.28. The fourth-order valence-electron chi connectivity index (χ4n) is 1.28. The molecule has 4 heteroatoms. The van der Waals surface area contributed by atoms with Crippen molar-refractivity contribution in [2.75, 3.05) is 18.6 Å². The zero-order valence-electron chi connectivity index (χ0n) is 10.4. The van der Waals surface area contributed by atoms with Crippen LogP contribution in [0.1, 0.15) is 32.4 Å². The highest BCUT2D eigenvalue weighted by molar-refractivity contribution is 5.41. The summed E-state index contributed by atoms with van der Waals surface area (Å²) in [7, 11) is 1.92. The number of anilines is 1. The first kappa shape index (κ1) is 12.9. The van der Waals surface area contributed by atoms with E-state index >= 15 is 0 Å². The van der Waals surface area contributed by atoms with Gasteiger partial charge in [-0.15, -0.1) is 0 Å². The van der Waals surface area contributed by atoms with Crippen molar-refractivity contribution in [2.45, 2.75) is 32.4 Å². The lowest BCUT2D eigenvalue weighted by Crippen LogP contribution is -2.44. The molecule has 1 aromatic rings. The van der Waals surface area contributed by atoms with Crippen molar-refractivity contribution >= 4 is 5.82 Å². The van der Waals surface area contributed by atoms with Gasteiger partial charge in [-0.25, -0.2) is 4.98 Å². The highest BCUT2D eigenvalue weighted by Crippen LogP contribution is 2.20. The highest BCUT2D eigenvalue weighted by atomic mass is 16.3. The summed E-state index contributed by atoms with van der Waals surface area (Å²) in [5.74, 6) is 0.837. The summed E-state index contributed by atoms with van der Waals surface area (Å²) in [6, 6.07) is 3.89. The standard InChI is InChI=1S/C12H21N3O/c1-9(13)10-5-6-11(14-7-10)15(4)12(2,3)8-16/h5-7,9,16H,8,13H2,1-4H3/t9-/m0/s1. The zero-order chi connectivity index (χ0) is 12.3. The van der Waals surface area contributed by atoms with Crippen LogP contribution in [0.3, 0.4) is 0 Å². The van der Waals surface area contributed by atoms with Crippen LogP contribution in [0.4, 0.5) is 5.82 Å². The van der Waals surface area contributed by atoms with Crippen LogP contribution in [0, 0.1) is 0 Å². The lowest BCUT2D eigenvalue weighted by Gasteiger charge is -2.34. The third kappa shape index (κ3) is 2.71. The van der Waals surface area contributed by atoms with Gasteiger partial charge >= 0.3 is 0 Å². The van der Waals surface area contributed by atoms with E-state index in [1.54, 1.807) is 6.20 Å². The Labute approximate surface area is 97.1 Å². The number of aromatic nitrogens is 1. The van der Waals surface area contributed by atoms with Crippen LogP contribution in [0.25, 0.3) is 0 Å². The Hall–Kier alpha value is -1.13. The van der Waals surface area contributed by atoms with E-state index in [4.69, 9.17) is 5.73 Å². The minimum Gasteiger partial charge on any atom is -0.394 e. The quantitative estimate of drug-likeness (QED) is 0.808. The largest absolute Gasteiger partial charge is 0.394 e. The molecule has 0 saturated heterocycles. The molecule has 90 valence electrons. The molecule has 3 N–H and O–H groups in total. The molecule has 0 radical (unpaired) electrons. The summed E-state index contributed by atoms with van der Waals surface area (Å²) in [6.45, 7) is 5.95. The zero-order valence-corrected chi connectivity index (χ0v) is 10.4. The number of hydrogen-bond donors (Lipinski definition) is 2. The first-order valence-corrected chi connectivity index (χ1v) is 5.44. The van der Waals surface area contributed by atoms with Crippen molar-refractivity contribution in [3.63, 3.8) is 0 Å². The predicted octanol–water partition coefficient (Wildman–Crippen LogP) is 1.31. The van der Waals surface area contributed by atoms with Crippen molar-refractivity contribution in [3.8, 4) is 0 Å². The fraction of sp³-hybridized carbons (Fsp3) is 0.583. The van der Waals surface area contributed by atoms with Gasteiger partial charge in [0, 0.05) is 19.3 Å². The molecule has 0 bridgehead atoms. The van der Waals surface area contributed by atoms with E-state index in [0.29, 0.717) is 0 Å². The van der Waals surface area contributed by atoms with Gasteiger partial charge in [-0.3, -0.25) is 0 Å². The second-order valence-corrected chi connectivity index (χ2v) is 4.77. The molecule has 0 aliphatic carbocycles. The van der Waals surface area contributed by atoms with Crippen LogP contribution < -0.4 is 10.6 Å². The molecule has 0 aliphatic rings. The van der Waals surface area contributed by atoms with Crippen molar-refractivity contribution in [3.05, 3.63) is 23.9 Å². The van der Waals surface area contributed by atoms with Crippen LogP contribution in [0.15, 0.2) is 18.3 Å². The van der Waals surface area contributed by atoms with E-state index in [1.165, 1.54) is 0 Å². The van der Waals surface area contributed by atoms with Gasteiger partial charge in [-0.1, -0.05) is 6.07 Å². The first-order chi connectivity index (χ1) is 7.38. The summed E-state index contributed by atoms with van der Waals surface area (Å²) in [5, 5.41) is 9.28. The van der Waals surface area contributed by atoms with E-state index in [-0.39, 0.29) is 18.2 Å². The molecule has 1 aromatic heterocycles. The van der Waals surface area contributed by atoms with Crippen LogP contribution >= 0.6 is 0 Å². The summed E-state index contributed by atoms with van der Waals surface area (Å²) in [6.07, 6.45) is 1.78. The van der Waals surface area contributed by atoms with E-state index < -0.39 is 0 Å². The maximum Gasteiger partial charge on any atom is 0.128 e. The SMILES string of the molecule is C[C@H](N)c1ccc(N(C)C(C)(C)CO)nc1. The summed E-state index contributed by atoms with van der Waals surface area (Å²) < 4.78 is 0. The lowest BCUT2D eigenvalue weighted by atomic mass is 10.1. The van der Waals surface area contributed by atoms with E-state index in [9.17, 15) is 5.11 Å². The molecule has 1 heterocycles. The molecule has 0 saturated carbocycles. The molecular weight excluding hydrogens is 202 g/mol. The number of likely N-dealkylation sites (N-methyl/N-ethyl adjacent to an activating group) is 1. The fourth-order valence-corrected chi connectivity index (χ4v) is 1.28. The molecule has 16 heavy (non-hydrogen) atoms. The van der Waals surface area contributed by atoms with E-state index in [2.05, 4.69) is 4.98 Å². The number of nitrogens with two attached hydrogens (primary N) is 1. The van der Waals surface area contributed by atoms with Gasteiger partial charge in [0.15, 0.2) is 0 Å². The minimum atomic E-state index is -0.317. The van der Waals surface area contributed by atoms with Crippen molar-refractivity contribution in [1.82, 2.24) is 4.98 Å². The molecule has 0 spiro atoms. The second kappa shape index (κ2) is 4.80. The van der Waals surface area contributed by atoms with Gasteiger partial charge in [0.25, 0.3) is 0 Å². The van der Waals surface area contributed by atoms with Crippen LogP contribution in [-0.2, 0) is 0 Å². The van der Waals surface area contributed by atoms with Gasteiger partial charge in [0.2, 0.25) is 0 Å². The number of hydrogen-bond acceptors (Lipinski definition) is 4. The Morgan fingerprint density at radius 3 is 2.50 bits per heavy atom. The van der Waals surface area contributed by atoms with E-state index in [0.717, 1.165) is 11.4 Å². The van der Waals surface area contributed by atoms with Gasteiger partial charge in [0.05, 0.1) is 12.1 Å². The van der Waals surface area contributed by atoms with Gasteiger partial charge in [0.1, 0.15) is 5.82 Å². The lowest BCUT2D eigenvalue weighted by molar-refractivity contribution is 0.215. The Balaban J connectivity index is 2.90. The molecule has 0 fully saturated rings. The molecule has 0 aromatic carbocycles. The monoisotopic (exact) mass is 223 g/mol. The smallest absolute Gasteiger partial charge is 0.128 e. The Morgan fingerprint density at radius 2 is 2.12 bits per heavy atom. The summed E-state index contributed by atoms with van der Waals surface area (Å²) in [4.78, 5) is 6.31. The number of pyridine rings is 1. The van der Waals surface area contributed by atoms with Crippen molar-refractivity contribution in [2.24, 2.45) is 5.73 Å². The Morgan fingerprint density at radius 1 is 1.50 bits per heavy atom. The molecule has 0 unspecified atom stereocenters. The number of rotatable bonds is 4. The van der Waals surface area contributed by atoms with Crippen molar-refractivity contribution in [1.29, 1.82) is 0 Å². The van der Waals surface area contributed by atoms with Crippen LogP contribution in [0.5, 0.6) is 0 Å².